The SMILES string of the molecule is COCC(Br)CNS(=O)(=O)C(C)(C)C. The zero-order valence-electron chi connectivity index (χ0n) is 9.00. The Kier molecular flexibility index (Phi) is 5.57. The topological polar surface area (TPSA) is 55.4 Å². The maximum Gasteiger partial charge on any atom is 0.216 e. The van der Waals surface area contributed by atoms with Crippen molar-refractivity contribution in [1.82, 2.24) is 4.72 Å². The zero-order chi connectivity index (χ0) is 11.4. The molecule has 1 atom stereocenters. The second-order valence-electron chi connectivity index (χ2n) is 4.02. The number of methoxy groups -OCH3 is 1. The molecule has 0 aromatic rings. The molecule has 0 fully saturated rings. The van der Waals surface area contributed by atoms with Gasteiger partial charge in [-0.05, 0) is 20.8 Å². The second-order valence-corrected chi connectivity index (χ2v) is 7.83. The highest BCUT2D eigenvalue weighted by Gasteiger charge is 2.28. The highest BCUT2D eigenvalue weighted by atomic mass is 79.9. The third-order valence-electron chi connectivity index (χ3n) is 1.65. The van der Waals surface area contributed by atoms with Crippen molar-refractivity contribution in [3.63, 3.8) is 0 Å². The Bertz CT molecular complexity index is 258. The molecule has 0 saturated heterocycles. The summed E-state index contributed by atoms with van der Waals surface area (Å²) in [4.78, 5) is 0.00428. The van der Waals surface area contributed by atoms with Gasteiger partial charge in [-0.3, -0.25) is 0 Å². The van der Waals surface area contributed by atoms with E-state index in [1.54, 1.807) is 27.9 Å². The third kappa shape index (κ3) is 4.72. The molecule has 0 aliphatic rings. The minimum absolute atomic E-state index is 0.00428. The maximum atomic E-state index is 11.6. The van der Waals surface area contributed by atoms with Crippen LogP contribution in [0.3, 0.4) is 0 Å². The monoisotopic (exact) mass is 287 g/mol. The molecule has 0 bridgehead atoms. The molecule has 0 aromatic carbocycles. The van der Waals surface area contributed by atoms with Gasteiger partial charge in [0.25, 0.3) is 0 Å². The van der Waals surface area contributed by atoms with Crippen LogP contribution in [0.4, 0.5) is 0 Å². The van der Waals surface area contributed by atoms with Gasteiger partial charge in [-0.15, -0.1) is 0 Å². The Morgan fingerprint density at radius 3 is 2.29 bits per heavy atom. The lowest BCUT2D eigenvalue weighted by atomic mass is 10.3. The van der Waals surface area contributed by atoms with Crippen molar-refractivity contribution in [2.24, 2.45) is 0 Å². The normalized spacial score (nSPS) is 15.5. The zero-order valence-corrected chi connectivity index (χ0v) is 11.4. The van der Waals surface area contributed by atoms with Crippen molar-refractivity contribution in [2.45, 2.75) is 30.3 Å². The third-order valence-corrected chi connectivity index (χ3v) is 4.40. The van der Waals surface area contributed by atoms with E-state index in [4.69, 9.17) is 4.74 Å². The summed E-state index contributed by atoms with van der Waals surface area (Å²) in [6, 6.07) is 0. The van der Waals surface area contributed by atoms with Gasteiger partial charge in [-0.1, -0.05) is 15.9 Å². The molecule has 4 nitrogen and oxygen atoms in total. The van der Waals surface area contributed by atoms with Crippen LogP contribution in [-0.4, -0.2) is 38.3 Å². The first-order chi connectivity index (χ1) is 6.20. The average molecular weight is 288 g/mol. The fourth-order valence-corrected chi connectivity index (χ4v) is 2.15. The number of hydrogen-bond acceptors (Lipinski definition) is 3. The predicted octanol–water partition coefficient (Wildman–Crippen LogP) is 1.11. The number of alkyl halides is 1. The van der Waals surface area contributed by atoms with E-state index in [0.717, 1.165) is 0 Å². The molecule has 86 valence electrons. The van der Waals surface area contributed by atoms with Gasteiger partial charge in [0.05, 0.1) is 16.2 Å². The summed E-state index contributed by atoms with van der Waals surface area (Å²) in [5.74, 6) is 0. The smallest absolute Gasteiger partial charge is 0.216 e. The summed E-state index contributed by atoms with van der Waals surface area (Å²) in [6.07, 6.45) is 0. The van der Waals surface area contributed by atoms with Crippen LogP contribution >= 0.6 is 15.9 Å². The average Bonchev–Trinajstić information content (AvgIpc) is 1.99. The Morgan fingerprint density at radius 2 is 1.93 bits per heavy atom. The fraction of sp³-hybridized carbons (Fsp3) is 1.00. The lowest BCUT2D eigenvalue weighted by molar-refractivity contribution is 0.201. The Hall–Kier alpha value is 0.350. The summed E-state index contributed by atoms with van der Waals surface area (Å²) in [5, 5.41) is 0. The van der Waals surface area contributed by atoms with E-state index >= 15 is 0 Å². The minimum Gasteiger partial charge on any atom is -0.383 e. The van der Waals surface area contributed by atoms with E-state index in [2.05, 4.69) is 20.7 Å². The van der Waals surface area contributed by atoms with Crippen LogP contribution in [0.2, 0.25) is 0 Å². The molecular formula is C8H18BrNO3S. The molecule has 1 N–H and O–H groups in total. The van der Waals surface area contributed by atoms with E-state index < -0.39 is 14.8 Å². The van der Waals surface area contributed by atoms with Gasteiger partial charge in [0.15, 0.2) is 0 Å². The lowest BCUT2D eigenvalue weighted by Gasteiger charge is -2.20. The Morgan fingerprint density at radius 1 is 1.43 bits per heavy atom. The molecule has 0 saturated carbocycles. The van der Waals surface area contributed by atoms with Gasteiger partial charge in [0, 0.05) is 13.7 Å². The van der Waals surface area contributed by atoms with Gasteiger partial charge < -0.3 is 4.74 Å². The summed E-state index contributed by atoms with van der Waals surface area (Å²) < 4.78 is 29.8. The van der Waals surface area contributed by atoms with E-state index in [1.165, 1.54) is 0 Å². The quantitative estimate of drug-likeness (QED) is 0.771. The molecule has 0 radical (unpaired) electrons. The summed E-state index contributed by atoms with van der Waals surface area (Å²) >= 11 is 3.31. The van der Waals surface area contributed by atoms with E-state index in [1.807, 2.05) is 0 Å². The molecule has 0 aliphatic carbocycles. The molecule has 0 aromatic heterocycles. The summed E-state index contributed by atoms with van der Waals surface area (Å²) in [6.45, 7) is 5.80. The van der Waals surface area contributed by atoms with Crippen molar-refractivity contribution in [3.05, 3.63) is 0 Å². The number of sulfonamides is 1. The van der Waals surface area contributed by atoms with Crippen molar-refractivity contribution in [2.75, 3.05) is 20.3 Å². The predicted molar refractivity (Wildman–Crippen MR) is 61.3 cm³/mol. The van der Waals surface area contributed by atoms with Crippen LogP contribution < -0.4 is 4.72 Å². The van der Waals surface area contributed by atoms with Crippen LogP contribution in [0.1, 0.15) is 20.8 Å². The molecule has 0 amide bonds. The van der Waals surface area contributed by atoms with Crippen molar-refractivity contribution in [1.29, 1.82) is 0 Å². The van der Waals surface area contributed by atoms with Crippen molar-refractivity contribution >= 4 is 26.0 Å². The van der Waals surface area contributed by atoms with Crippen LogP contribution in [0.25, 0.3) is 0 Å². The number of nitrogens with one attached hydrogen (secondary N) is 1. The largest absolute Gasteiger partial charge is 0.383 e. The van der Waals surface area contributed by atoms with E-state index in [0.29, 0.717) is 13.2 Å². The number of ether oxygens (including phenoxy) is 1. The molecule has 0 spiro atoms. The summed E-state index contributed by atoms with van der Waals surface area (Å²) in [5.41, 5.74) is 0. The highest BCUT2D eigenvalue weighted by Crippen LogP contribution is 2.13. The Labute approximate surface area is 94.6 Å². The maximum absolute atomic E-state index is 11.6. The van der Waals surface area contributed by atoms with Crippen molar-refractivity contribution < 1.29 is 13.2 Å². The van der Waals surface area contributed by atoms with Crippen LogP contribution in [0, 0.1) is 0 Å². The van der Waals surface area contributed by atoms with Gasteiger partial charge >= 0.3 is 0 Å². The van der Waals surface area contributed by atoms with Gasteiger partial charge in [-0.2, -0.15) is 0 Å². The number of rotatable bonds is 5. The second kappa shape index (κ2) is 5.44. The first-order valence-electron chi connectivity index (χ1n) is 4.33. The number of hydrogen-bond donors (Lipinski definition) is 1. The van der Waals surface area contributed by atoms with Gasteiger partial charge in [0.1, 0.15) is 0 Å². The van der Waals surface area contributed by atoms with E-state index in [-0.39, 0.29) is 4.83 Å². The molecule has 14 heavy (non-hydrogen) atoms. The summed E-state index contributed by atoms with van der Waals surface area (Å²) in [7, 11) is -1.67. The first kappa shape index (κ1) is 14.3. The van der Waals surface area contributed by atoms with Crippen LogP contribution in [0.5, 0.6) is 0 Å². The standard InChI is InChI=1S/C8H18BrNO3S/c1-8(2,3)14(11,12)10-5-7(9)6-13-4/h7,10H,5-6H2,1-4H3. The number of halogens is 1. The molecule has 0 rings (SSSR count). The Balaban J connectivity index is 4.14. The van der Waals surface area contributed by atoms with Crippen LogP contribution in [-0.2, 0) is 14.8 Å². The van der Waals surface area contributed by atoms with Crippen molar-refractivity contribution in [3.8, 4) is 0 Å². The molecule has 6 heteroatoms. The van der Waals surface area contributed by atoms with Gasteiger partial charge in [-0.25, -0.2) is 13.1 Å². The lowest BCUT2D eigenvalue weighted by Crippen LogP contribution is -2.42. The molecular weight excluding hydrogens is 270 g/mol. The van der Waals surface area contributed by atoms with E-state index in [9.17, 15) is 8.42 Å². The van der Waals surface area contributed by atoms with Gasteiger partial charge in [0.2, 0.25) is 10.0 Å². The molecule has 1 unspecified atom stereocenters. The fourth-order valence-electron chi connectivity index (χ4n) is 0.656. The first-order valence-corrected chi connectivity index (χ1v) is 6.73. The minimum atomic E-state index is -3.25. The highest BCUT2D eigenvalue weighted by molar-refractivity contribution is 9.09. The van der Waals surface area contributed by atoms with Crippen LogP contribution in [0.15, 0.2) is 0 Å². The molecule has 0 heterocycles. The molecule has 0 aliphatic heterocycles.